The van der Waals surface area contributed by atoms with Crippen LogP contribution >= 0.6 is 11.3 Å². The van der Waals surface area contributed by atoms with Crippen LogP contribution in [0.2, 0.25) is 0 Å². The number of Topliss-reactive ketones (excluding diaryl/α,β-unsaturated/α-hetero) is 1. The fourth-order valence-corrected chi connectivity index (χ4v) is 4.94. The number of anilines is 1. The van der Waals surface area contributed by atoms with Crippen molar-refractivity contribution in [2.45, 2.75) is 32.7 Å². The topological polar surface area (TPSA) is 119 Å². The lowest BCUT2D eigenvalue weighted by molar-refractivity contribution is -0.132. The molecule has 38 heavy (non-hydrogen) atoms. The summed E-state index contributed by atoms with van der Waals surface area (Å²) in [5, 5.41) is 11.4. The minimum absolute atomic E-state index is 0.0220. The van der Waals surface area contributed by atoms with Gasteiger partial charge in [0.05, 0.1) is 23.9 Å². The first-order valence-corrected chi connectivity index (χ1v) is 12.9. The molecule has 0 aliphatic carbocycles. The van der Waals surface area contributed by atoms with Gasteiger partial charge in [0.1, 0.15) is 23.0 Å². The monoisotopic (exact) mass is 533 g/mol. The molecule has 0 bridgehead atoms. The number of amides is 1. The van der Waals surface area contributed by atoms with E-state index in [9.17, 15) is 19.5 Å². The number of carbonyl (C=O) groups is 3. The van der Waals surface area contributed by atoms with Crippen LogP contribution in [-0.2, 0) is 14.3 Å². The van der Waals surface area contributed by atoms with Gasteiger partial charge >= 0.3 is 11.9 Å². The minimum Gasteiger partial charge on any atom is -0.507 e. The Morgan fingerprint density at radius 2 is 2.00 bits per heavy atom. The number of hydrogen-bond acceptors (Lipinski definition) is 9. The first kappa shape index (κ1) is 26.7. The third-order valence-electron chi connectivity index (χ3n) is 5.85. The van der Waals surface area contributed by atoms with Gasteiger partial charge in [-0.1, -0.05) is 43.4 Å². The quantitative estimate of drug-likeness (QED) is 0.0966. The molecule has 0 spiro atoms. The van der Waals surface area contributed by atoms with Crippen LogP contribution in [0.25, 0.3) is 5.76 Å². The Bertz CT molecular complexity index is 1380. The molecule has 3 heterocycles. The molecule has 2 aromatic heterocycles. The van der Waals surface area contributed by atoms with Gasteiger partial charge in [-0.05, 0) is 49.2 Å². The predicted octanol–water partition coefficient (Wildman–Crippen LogP) is 4.99. The second kappa shape index (κ2) is 11.8. The molecule has 1 amide bonds. The molecule has 1 N–H and O–H groups in total. The zero-order valence-corrected chi connectivity index (χ0v) is 21.9. The largest absolute Gasteiger partial charge is 0.507 e. The highest BCUT2D eigenvalue weighted by Crippen LogP contribution is 2.43. The summed E-state index contributed by atoms with van der Waals surface area (Å²) >= 11 is 0.932. The van der Waals surface area contributed by atoms with Crippen LogP contribution in [0.3, 0.4) is 0 Å². The maximum absolute atomic E-state index is 13.3. The summed E-state index contributed by atoms with van der Waals surface area (Å²) in [7, 11) is 0. The van der Waals surface area contributed by atoms with Gasteiger partial charge in [-0.3, -0.25) is 19.5 Å². The van der Waals surface area contributed by atoms with Crippen LogP contribution in [0.15, 0.2) is 67.0 Å². The van der Waals surface area contributed by atoms with Crippen LogP contribution in [0, 0.1) is 6.92 Å². The molecule has 1 aliphatic heterocycles. The molecule has 3 aromatic rings. The van der Waals surface area contributed by atoms with E-state index in [4.69, 9.17) is 9.47 Å². The molecule has 1 saturated heterocycles. The second-order valence-corrected chi connectivity index (χ2v) is 9.46. The maximum Gasteiger partial charge on any atom is 0.350 e. The number of aryl methyl sites for hydroxylation is 1. The number of aliphatic hydroxyl groups excluding tert-OH is 1. The third kappa shape index (κ3) is 5.35. The Kier molecular flexibility index (Phi) is 8.32. The SMILES string of the molecule is C=CCOC(=O)c1sc(N2C(=O)C(=O)/C(=C(/O)c3ccc(OCCCC)cc3)C2c2cccnc2)nc1C. The van der Waals surface area contributed by atoms with E-state index in [1.807, 2.05) is 0 Å². The first-order chi connectivity index (χ1) is 18.4. The normalized spacial score (nSPS) is 16.5. The lowest BCUT2D eigenvalue weighted by Gasteiger charge is -2.22. The number of carbonyl (C=O) groups excluding carboxylic acids is 3. The minimum atomic E-state index is -1.01. The summed E-state index contributed by atoms with van der Waals surface area (Å²) in [5.41, 5.74) is 1.09. The molecule has 0 radical (unpaired) electrons. The van der Waals surface area contributed by atoms with E-state index >= 15 is 0 Å². The molecule has 1 aliphatic rings. The summed E-state index contributed by atoms with van der Waals surface area (Å²) in [6.07, 6.45) is 6.44. The van der Waals surface area contributed by atoms with Gasteiger partial charge in [-0.15, -0.1) is 0 Å². The van der Waals surface area contributed by atoms with Crippen molar-refractivity contribution in [1.29, 1.82) is 0 Å². The number of hydrogen-bond donors (Lipinski definition) is 1. The molecule has 9 nitrogen and oxygen atoms in total. The molecular weight excluding hydrogens is 506 g/mol. The highest BCUT2D eigenvalue weighted by atomic mass is 32.1. The lowest BCUT2D eigenvalue weighted by Crippen LogP contribution is -2.29. The van der Waals surface area contributed by atoms with E-state index in [1.54, 1.807) is 49.5 Å². The summed E-state index contributed by atoms with van der Waals surface area (Å²) in [6.45, 7) is 7.81. The fourth-order valence-electron chi connectivity index (χ4n) is 3.96. The third-order valence-corrected chi connectivity index (χ3v) is 6.98. The molecule has 196 valence electrons. The van der Waals surface area contributed by atoms with E-state index in [2.05, 4.69) is 23.5 Å². The molecular formula is C28H27N3O6S. The number of ether oxygens (including phenoxy) is 2. The number of nitrogens with zero attached hydrogens (tertiary/aromatic N) is 3. The molecule has 1 fully saturated rings. The maximum atomic E-state index is 13.3. The van der Waals surface area contributed by atoms with Gasteiger partial charge in [0, 0.05) is 18.0 Å². The Labute approximate surface area is 224 Å². The highest BCUT2D eigenvalue weighted by Gasteiger charge is 2.48. The Hall–Kier alpha value is -4.31. The average Bonchev–Trinajstić information content (AvgIpc) is 3.44. The van der Waals surface area contributed by atoms with E-state index in [0.29, 0.717) is 29.2 Å². The molecule has 0 saturated carbocycles. The number of aromatic nitrogens is 2. The molecule has 4 rings (SSSR count). The summed E-state index contributed by atoms with van der Waals surface area (Å²) < 4.78 is 10.8. The molecule has 1 aromatic carbocycles. The smallest absolute Gasteiger partial charge is 0.350 e. The number of unbranched alkanes of at least 4 members (excludes halogenated alkanes) is 1. The Morgan fingerprint density at radius 1 is 1.24 bits per heavy atom. The van der Waals surface area contributed by atoms with Crippen LogP contribution in [0.4, 0.5) is 5.13 Å². The van der Waals surface area contributed by atoms with Gasteiger partial charge in [-0.25, -0.2) is 9.78 Å². The van der Waals surface area contributed by atoms with Crippen molar-refractivity contribution >= 4 is 39.9 Å². The zero-order chi connectivity index (χ0) is 27.2. The second-order valence-electron chi connectivity index (χ2n) is 8.48. The highest BCUT2D eigenvalue weighted by molar-refractivity contribution is 7.17. The van der Waals surface area contributed by atoms with E-state index in [1.165, 1.54) is 17.2 Å². The van der Waals surface area contributed by atoms with Gasteiger partial charge in [0.15, 0.2) is 5.13 Å². The van der Waals surface area contributed by atoms with Crippen molar-refractivity contribution in [1.82, 2.24) is 9.97 Å². The Morgan fingerprint density at radius 3 is 2.66 bits per heavy atom. The molecule has 10 heteroatoms. The van der Waals surface area contributed by atoms with Crippen molar-refractivity contribution in [2.75, 3.05) is 18.1 Å². The van der Waals surface area contributed by atoms with Gasteiger partial charge in [0.2, 0.25) is 0 Å². The number of esters is 1. The van der Waals surface area contributed by atoms with Gasteiger partial charge in [0.25, 0.3) is 5.78 Å². The van der Waals surface area contributed by atoms with Crippen molar-refractivity contribution in [3.05, 3.63) is 88.7 Å². The van der Waals surface area contributed by atoms with Crippen LogP contribution in [0.5, 0.6) is 5.75 Å². The summed E-state index contributed by atoms with van der Waals surface area (Å²) in [6, 6.07) is 9.02. The number of aliphatic hydroxyl groups is 1. The van der Waals surface area contributed by atoms with Crippen LogP contribution in [-0.4, -0.2) is 45.9 Å². The standard InChI is InChI=1S/C28H27N3O6S/c1-4-6-15-36-20-11-9-18(10-12-20)23(32)21-22(19-8-7-13-29-16-19)31(26(34)24(21)33)28-30-17(3)25(38-28)27(35)37-14-5-2/h5,7-13,16,22,32H,2,4,6,14-15H2,1,3H3/b23-21+. The Balaban J connectivity index is 1.77. The van der Waals surface area contributed by atoms with E-state index < -0.39 is 23.7 Å². The van der Waals surface area contributed by atoms with E-state index in [0.717, 1.165) is 24.2 Å². The summed E-state index contributed by atoms with van der Waals surface area (Å²) in [5.74, 6) is -2.06. The number of ketones is 1. The molecule has 1 atom stereocenters. The first-order valence-electron chi connectivity index (χ1n) is 12.1. The number of pyridine rings is 1. The fraction of sp³-hybridized carbons (Fsp3) is 0.250. The van der Waals surface area contributed by atoms with Crippen LogP contribution < -0.4 is 9.64 Å². The zero-order valence-electron chi connectivity index (χ0n) is 21.0. The van der Waals surface area contributed by atoms with Crippen molar-refractivity contribution in [3.63, 3.8) is 0 Å². The molecule has 1 unspecified atom stereocenters. The number of thiazole rings is 1. The predicted molar refractivity (Wildman–Crippen MR) is 143 cm³/mol. The van der Waals surface area contributed by atoms with Crippen molar-refractivity contribution in [3.8, 4) is 5.75 Å². The van der Waals surface area contributed by atoms with Crippen LogP contribution in [0.1, 0.15) is 52.3 Å². The summed E-state index contributed by atoms with van der Waals surface area (Å²) in [4.78, 5) is 49.0. The van der Waals surface area contributed by atoms with Gasteiger partial charge in [-0.2, -0.15) is 0 Å². The number of rotatable bonds is 10. The average molecular weight is 534 g/mol. The lowest BCUT2D eigenvalue weighted by atomic mass is 9.96. The van der Waals surface area contributed by atoms with Gasteiger partial charge < -0.3 is 14.6 Å². The van der Waals surface area contributed by atoms with Crippen molar-refractivity contribution < 1.29 is 29.0 Å². The van der Waals surface area contributed by atoms with Crippen molar-refractivity contribution in [2.24, 2.45) is 0 Å². The van der Waals surface area contributed by atoms with E-state index in [-0.39, 0.29) is 27.9 Å². The number of benzene rings is 1.